The number of nitrogens with zero attached hydrogens (tertiary/aromatic N) is 1. The van der Waals surface area contributed by atoms with Gasteiger partial charge in [-0.1, -0.05) is 54.7 Å². The van der Waals surface area contributed by atoms with Crippen LogP contribution in [0.15, 0.2) is 48.5 Å². The van der Waals surface area contributed by atoms with Gasteiger partial charge in [-0.05, 0) is 37.0 Å². The summed E-state index contributed by atoms with van der Waals surface area (Å²) < 4.78 is 0. The van der Waals surface area contributed by atoms with E-state index in [1.807, 2.05) is 12.1 Å². The fourth-order valence-corrected chi connectivity index (χ4v) is 3.11. The van der Waals surface area contributed by atoms with Crippen LogP contribution in [-0.4, -0.2) is 11.0 Å². The first-order valence-electron chi connectivity index (χ1n) is 7.38. The third-order valence-corrected chi connectivity index (χ3v) is 4.49. The van der Waals surface area contributed by atoms with Crippen molar-refractivity contribution in [2.45, 2.75) is 32.4 Å². The number of benzene rings is 2. The number of fused-ring (bicyclic) bond motifs is 1. The second-order valence-corrected chi connectivity index (χ2v) is 6.15. The van der Waals surface area contributed by atoms with E-state index in [4.69, 9.17) is 18.0 Å². The highest BCUT2D eigenvalue weighted by Crippen LogP contribution is 2.31. The molecule has 0 aromatic heterocycles. The summed E-state index contributed by atoms with van der Waals surface area (Å²) >= 11 is 5.00. The molecule has 0 bridgehead atoms. The zero-order valence-corrected chi connectivity index (χ0v) is 13.1. The van der Waals surface area contributed by atoms with Gasteiger partial charge in [-0.15, -0.1) is 0 Å². The van der Waals surface area contributed by atoms with Crippen molar-refractivity contribution in [2.75, 3.05) is 4.90 Å². The average Bonchev–Trinajstić information content (AvgIpc) is 2.51. The molecule has 0 radical (unpaired) electrons. The maximum Gasteiger partial charge on any atom is 0.103 e. The maximum absolute atomic E-state index is 5.65. The highest BCUT2D eigenvalue weighted by molar-refractivity contribution is 7.80. The van der Waals surface area contributed by atoms with Gasteiger partial charge in [-0.25, -0.2) is 0 Å². The Labute approximate surface area is 131 Å². The number of anilines is 1. The van der Waals surface area contributed by atoms with Crippen LogP contribution >= 0.6 is 12.2 Å². The molecule has 2 aromatic rings. The van der Waals surface area contributed by atoms with Crippen molar-refractivity contribution in [3.63, 3.8) is 0 Å². The lowest BCUT2D eigenvalue weighted by Gasteiger charge is -2.37. The van der Waals surface area contributed by atoms with Crippen molar-refractivity contribution in [3.05, 3.63) is 65.2 Å². The van der Waals surface area contributed by atoms with Crippen LogP contribution in [0.5, 0.6) is 0 Å². The van der Waals surface area contributed by atoms with Crippen LogP contribution in [0.2, 0.25) is 0 Å². The van der Waals surface area contributed by atoms with Crippen molar-refractivity contribution in [2.24, 2.45) is 5.73 Å². The summed E-state index contributed by atoms with van der Waals surface area (Å²) in [5, 5.41) is 0. The van der Waals surface area contributed by atoms with E-state index in [1.165, 1.54) is 29.7 Å². The Morgan fingerprint density at radius 2 is 1.90 bits per heavy atom. The topological polar surface area (TPSA) is 29.3 Å². The summed E-state index contributed by atoms with van der Waals surface area (Å²) in [5.74, 6) is 0. The number of hydrogen-bond donors (Lipinski definition) is 1. The van der Waals surface area contributed by atoms with Gasteiger partial charge < -0.3 is 10.6 Å². The fraction of sp³-hybridized carbons (Fsp3) is 0.278. The molecule has 0 amide bonds. The summed E-state index contributed by atoms with van der Waals surface area (Å²) in [6, 6.07) is 17.6. The molecule has 1 atom stereocenters. The molecule has 21 heavy (non-hydrogen) atoms. The molecule has 3 heteroatoms. The quantitative estimate of drug-likeness (QED) is 0.876. The summed E-state index contributed by atoms with van der Waals surface area (Å²) in [5.41, 5.74) is 10.7. The van der Waals surface area contributed by atoms with Gasteiger partial charge in [0.25, 0.3) is 0 Å². The van der Waals surface area contributed by atoms with Crippen LogP contribution in [0.25, 0.3) is 0 Å². The minimum Gasteiger partial charge on any atom is -0.389 e. The van der Waals surface area contributed by atoms with E-state index in [2.05, 4.69) is 48.2 Å². The molecule has 3 rings (SSSR count). The zero-order valence-electron chi connectivity index (χ0n) is 12.3. The first-order valence-corrected chi connectivity index (χ1v) is 7.79. The predicted octanol–water partition coefficient (Wildman–Crippen LogP) is 3.66. The molecule has 0 saturated heterocycles. The maximum atomic E-state index is 5.65. The van der Waals surface area contributed by atoms with Crippen LogP contribution < -0.4 is 10.6 Å². The second kappa shape index (κ2) is 5.86. The van der Waals surface area contributed by atoms with Gasteiger partial charge in [0.2, 0.25) is 0 Å². The van der Waals surface area contributed by atoms with Gasteiger partial charge >= 0.3 is 0 Å². The third kappa shape index (κ3) is 2.93. The summed E-state index contributed by atoms with van der Waals surface area (Å²) in [4.78, 5) is 2.95. The molecule has 108 valence electrons. The molecule has 0 aliphatic carbocycles. The monoisotopic (exact) mass is 296 g/mol. The fourth-order valence-electron chi connectivity index (χ4n) is 2.97. The lowest BCUT2D eigenvalue weighted by Crippen LogP contribution is -2.36. The van der Waals surface area contributed by atoms with Crippen LogP contribution in [0, 0.1) is 0 Å². The molecule has 0 spiro atoms. The molecule has 1 heterocycles. The first-order chi connectivity index (χ1) is 10.1. The largest absolute Gasteiger partial charge is 0.389 e. The Morgan fingerprint density at radius 3 is 2.62 bits per heavy atom. The summed E-state index contributed by atoms with van der Waals surface area (Å²) in [6.45, 7) is 3.23. The van der Waals surface area contributed by atoms with E-state index < -0.39 is 0 Å². The number of hydrogen-bond acceptors (Lipinski definition) is 2. The van der Waals surface area contributed by atoms with E-state index in [0.29, 0.717) is 11.0 Å². The molecule has 1 unspecified atom stereocenters. The van der Waals surface area contributed by atoms with Gasteiger partial charge in [0.1, 0.15) is 4.99 Å². The lowest BCUT2D eigenvalue weighted by molar-refractivity contribution is 0.560. The smallest absolute Gasteiger partial charge is 0.103 e. The molecular weight excluding hydrogens is 276 g/mol. The van der Waals surface area contributed by atoms with Crippen molar-refractivity contribution in [3.8, 4) is 0 Å². The number of aryl methyl sites for hydroxylation is 1. The van der Waals surface area contributed by atoms with Gasteiger partial charge in [0.15, 0.2) is 0 Å². The van der Waals surface area contributed by atoms with Crippen LogP contribution in [-0.2, 0) is 13.0 Å². The molecule has 2 N–H and O–H groups in total. The molecular formula is C18H20N2S. The molecule has 2 nitrogen and oxygen atoms in total. The van der Waals surface area contributed by atoms with E-state index >= 15 is 0 Å². The van der Waals surface area contributed by atoms with E-state index in [9.17, 15) is 0 Å². The minimum absolute atomic E-state index is 0.457. The molecule has 1 aliphatic rings. The average molecular weight is 296 g/mol. The lowest BCUT2D eigenvalue weighted by atomic mass is 9.96. The van der Waals surface area contributed by atoms with Crippen LogP contribution in [0.3, 0.4) is 0 Å². The predicted molar refractivity (Wildman–Crippen MR) is 92.7 cm³/mol. The molecule has 2 aromatic carbocycles. The van der Waals surface area contributed by atoms with E-state index in [-0.39, 0.29) is 0 Å². The minimum atomic E-state index is 0.457. The third-order valence-electron chi connectivity index (χ3n) is 4.26. The van der Waals surface area contributed by atoms with E-state index in [0.717, 1.165) is 12.1 Å². The number of rotatable bonds is 3. The summed E-state index contributed by atoms with van der Waals surface area (Å²) in [6.07, 6.45) is 2.39. The number of para-hydroxylation sites is 1. The Bertz CT molecular complexity index is 649. The van der Waals surface area contributed by atoms with Crippen LogP contribution in [0.4, 0.5) is 5.69 Å². The van der Waals surface area contributed by atoms with E-state index in [1.54, 1.807) is 0 Å². The van der Waals surface area contributed by atoms with Crippen molar-refractivity contribution in [1.82, 2.24) is 0 Å². The molecule has 1 aliphatic heterocycles. The van der Waals surface area contributed by atoms with Crippen molar-refractivity contribution >= 4 is 22.9 Å². The van der Waals surface area contributed by atoms with Gasteiger partial charge in [-0.3, -0.25) is 0 Å². The normalized spacial score (nSPS) is 17.4. The molecule has 0 saturated carbocycles. The zero-order chi connectivity index (χ0) is 14.8. The first kappa shape index (κ1) is 14.1. The van der Waals surface area contributed by atoms with Gasteiger partial charge in [0, 0.05) is 23.8 Å². The van der Waals surface area contributed by atoms with Gasteiger partial charge in [-0.2, -0.15) is 0 Å². The highest BCUT2D eigenvalue weighted by atomic mass is 32.1. The Kier molecular flexibility index (Phi) is 3.93. The standard InChI is InChI=1S/C18H20N2S/c1-13-6-9-15-4-2-3-5-17(15)20(13)12-14-7-10-16(11-8-14)18(19)21/h2-5,7-8,10-11,13H,6,9,12H2,1H3,(H2,19,21). The van der Waals surface area contributed by atoms with Crippen LogP contribution in [0.1, 0.15) is 30.0 Å². The van der Waals surface area contributed by atoms with Crippen molar-refractivity contribution in [1.29, 1.82) is 0 Å². The number of thiocarbonyl (C=S) groups is 1. The summed E-state index contributed by atoms with van der Waals surface area (Å²) in [7, 11) is 0. The van der Waals surface area contributed by atoms with Crippen molar-refractivity contribution < 1.29 is 0 Å². The highest BCUT2D eigenvalue weighted by Gasteiger charge is 2.22. The Balaban J connectivity index is 1.85. The Hall–Kier alpha value is -1.87. The second-order valence-electron chi connectivity index (χ2n) is 5.71. The SMILES string of the molecule is CC1CCc2ccccc2N1Cc1ccc(C(N)=S)cc1. The van der Waals surface area contributed by atoms with Gasteiger partial charge in [0.05, 0.1) is 0 Å². The number of nitrogens with two attached hydrogens (primary N) is 1. The Morgan fingerprint density at radius 1 is 1.19 bits per heavy atom. The molecule has 0 fully saturated rings.